The normalized spacial score (nSPS) is 16.7. The number of sulfonamides is 1. The van der Waals surface area contributed by atoms with E-state index in [1.807, 2.05) is 11.9 Å². The Labute approximate surface area is 231 Å². The highest BCUT2D eigenvalue weighted by Gasteiger charge is 2.36. The Balaban J connectivity index is 1.57. The predicted octanol–water partition coefficient (Wildman–Crippen LogP) is 7.70. The quantitative estimate of drug-likeness (QED) is 0.297. The van der Waals surface area contributed by atoms with Crippen LogP contribution in [0.5, 0.6) is 5.75 Å². The number of rotatable bonds is 7. The van der Waals surface area contributed by atoms with Crippen LogP contribution in [-0.4, -0.2) is 39.6 Å². The van der Waals surface area contributed by atoms with Crippen molar-refractivity contribution in [2.45, 2.75) is 33.4 Å². The van der Waals surface area contributed by atoms with E-state index in [0.717, 1.165) is 23.1 Å². The van der Waals surface area contributed by atoms with Crippen molar-refractivity contribution in [3.8, 4) is 5.75 Å². The summed E-state index contributed by atoms with van der Waals surface area (Å²) < 4.78 is 74.7. The number of halogens is 6. The number of alkyl halides is 3. The minimum absolute atomic E-state index is 0.0667. The molecule has 13 heteroatoms. The first-order chi connectivity index (χ1) is 17.3. The third-order valence-corrected chi connectivity index (χ3v) is 8.71. The molecule has 0 bridgehead atoms. The summed E-state index contributed by atoms with van der Waals surface area (Å²) in [6, 6.07) is 12.2. The van der Waals surface area contributed by atoms with Gasteiger partial charge in [-0.1, -0.05) is 46.6 Å². The molecule has 0 radical (unpaired) electrons. The van der Waals surface area contributed by atoms with Crippen LogP contribution in [0.4, 0.5) is 18.9 Å². The topological polar surface area (TPSA) is 58.6 Å². The van der Waals surface area contributed by atoms with Crippen LogP contribution >= 0.6 is 46.6 Å². The fourth-order valence-electron chi connectivity index (χ4n) is 3.78. The third-order valence-electron chi connectivity index (χ3n) is 5.45. The third kappa shape index (κ3) is 7.19. The maximum atomic E-state index is 13.6. The molecule has 1 saturated heterocycles. The molecule has 0 saturated carbocycles. The fourth-order valence-corrected chi connectivity index (χ4v) is 7.06. The first kappa shape index (κ1) is 28.2. The Morgan fingerprint density at radius 3 is 2.30 bits per heavy atom. The molecular weight excluding hydrogens is 592 g/mol. The molecule has 37 heavy (non-hydrogen) atoms. The molecule has 1 unspecified atom stereocenters. The Morgan fingerprint density at radius 1 is 1.00 bits per heavy atom. The van der Waals surface area contributed by atoms with Gasteiger partial charge in [0.15, 0.2) is 0 Å². The molecule has 3 aromatic rings. The zero-order valence-corrected chi connectivity index (χ0v) is 23.1. The van der Waals surface area contributed by atoms with Crippen LogP contribution in [0.15, 0.2) is 69.3 Å². The monoisotopic (exact) mass is 610 g/mol. The van der Waals surface area contributed by atoms with Crippen molar-refractivity contribution in [2.24, 2.45) is 0 Å². The van der Waals surface area contributed by atoms with Crippen LogP contribution in [0.3, 0.4) is 0 Å². The summed E-state index contributed by atoms with van der Waals surface area (Å²) in [5.41, 5.74) is -1.07. The van der Waals surface area contributed by atoms with E-state index in [0.29, 0.717) is 34.5 Å². The van der Waals surface area contributed by atoms with Gasteiger partial charge in [0.1, 0.15) is 16.7 Å². The van der Waals surface area contributed by atoms with Crippen molar-refractivity contribution in [2.75, 3.05) is 24.9 Å². The second kappa shape index (κ2) is 11.1. The number of benzene rings is 3. The van der Waals surface area contributed by atoms with Crippen molar-refractivity contribution in [1.82, 2.24) is 4.90 Å². The molecule has 5 nitrogen and oxygen atoms in total. The van der Waals surface area contributed by atoms with Gasteiger partial charge in [0.25, 0.3) is 10.0 Å². The van der Waals surface area contributed by atoms with Gasteiger partial charge in [-0.05, 0) is 62.0 Å². The lowest BCUT2D eigenvalue weighted by molar-refractivity contribution is -0.139. The predicted molar refractivity (Wildman–Crippen MR) is 141 cm³/mol. The molecule has 1 heterocycles. The molecule has 1 fully saturated rings. The number of anilines is 1. The first-order valence-corrected chi connectivity index (χ1v) is 14.3. The molecule has 0 aliphatic carbocycles. The molecule has 0 spiro atoms. The maximum Gasteiger partial charge on any atom is 0.419 e. The van der Waals surface area contributed by atoms with Gasteiger partial charge < -0.3 is 9.64 Å². The van der Waals surface area contributed by atoms with Crippen molar-refractivity contribution in [3.63, 3.8) is 0 Å². The van der Waals surface area contributed by atoms with Crippen LogP contribution in [0.1, 0.15) is 12.0 Å². The lowest BCUT2D eigenvalue weighted by atomic mass is 10.1. The van der Waals surface area contributed by atoms with Crippen molar-refractivity contribution >= 4 is 62.3 Å². The van der Waals surface area contributed by atoms with E-state index in [1.54, 1.807) is 24.3 Å². The zero-order chi connectivity index (χ0) is 27.0. The van der Waals surface area contributed by atoms with Crippen molar-refractivity contribution in [1.29, 1.82) is 0 Å². The molecule has 1 N–H and O–H groups in total. The number of nitrogens with zero attached hydrogens (tertiary/aromatic N) is 1. The first-order valence-electron chi connectivity index (χ1n) is 10.8. The molecule has 198 valence electrons. The lowest BCUT2D eigenvalue weighted by Crippen LogP contribution is -2.23. The Morgan fingerprint density at radius 2 is 1.70 bits per heavy atom. The Bertz CT molecular complexity index is 1400. The van der Waals surface area contributed by atoms with Gasteiger partial charge in [0, 0.05) is 39.0 Å². The lowest BCUT2D eigenvalue weighted by Gasteiger charge is -2.19. The average molecular weight is 612 g/mol. The second-order valence-corrected chi connectivity index (χ2v) is 12.5. The van der Waals surface area contributed by atoms with E-state index < -0.39 is 33.6 Å². The molecule has 1 atom stereocenters. The van der Waals surface area contributed by atoms with Gasteiger partial charge in [-0.3, -0.25) is 4.72 Å². The van der Waals surface area contributed by atoms with Gasteiger partial charge in [-0.2, -0.15) is 13.2 Å². The highest BCUT2D eigenvalue weighted by atomic mass is 35.5. The van der Waals surface area contributed by atoms with Crippen LogP contribution in [-0.2, 0) is 16.2 Å². The SMILES string of the molecule is CN1CCC(Oc2cc(NS(=O)(=O)c3ccc(Sc4cc(Cl)cc(Cl)c4)cc3Cl)ccc2C(F)(F)F)C1. The smallest absolute Gasteiger partial charge is 0.419 e. The minimum atomic E-state index is -4.67. The highest BCUT2D eigenvalue weighted by molar-refractivity contribution is 7.99. The zero-order valence-electron chi connectivity index (χ0n) is 19.2. The molecular formula is C24H20Cl3F3N2O3S2. The van der Waals surface area contributed by atoms with Gasteiger partial charge in [0.05, 0.1) is 16.3 Å². The van der Waals surface area contributed by atoms with E-state index in [9.17, 15) is 21.6 Å². The van der Waals surface area contributed by atoms with Crippen LogP contribution in [0, 0.1) is 0 Å². The van der Waals surface area contributed by atoms with Gasteiger partial charge in [-0.15, -0.1) is 0 Å². The number of hydrogen-bond acceptors (Lipinski definition) is 5. The van der Waals surface area contributed by atoms with Crippen LogP contribution < -0.4 is 9.46 Å². The molecule has 1 aliphatic heterocycles. The minimum Gasteiger partial charge on any atom is -0.488 e. The highest BCUT2D eigenvalue weighted by Crippen LogP contribution is 2.40. The van der Waals surface area contributed by atoms with Crippen molar-refractivity contribution < 1.29 is 26.3 Å². The van der Waals surface area contributed by atoms with Gasteiger partial charge in [0.2, 0.25) is 0 Å². The van der Waals surface area contributed by atoms with Crippen LogP contribution in [0.25, 0.3) is 0 Å². The Kier molecular flexibility index (Phi) is 8.47. The van der Waals surface area contributed by atoms with E-state index >= 15 is 0 Å². The van der Waals surface area contributed by atoms with Gasteiger partial charge >= 0.3 is 6.18 Å². The number of likely N-dealkylation sites (tertiary alicyclic amines) is 1. The summed E-state index contributed by atoms with van der Waals surface area (Å²) in [7, 11) is -2.38. The summed E-state index contributed by atoms with van der Waals surface area (Å²) in [6.45, 7) is 1.16. The van der Waals surface area contributed by atoms with E-state index in [2.05, 4.69) is 4.72 Å². The largest absolute Gasteiger partial charge is 0.488 e. The van der Waals surface area contributed by atoms with Crippen LogP contribution in [0.2, 0.25) is 15.1 Å². The summed E-state index contributed by atoms with van der Waals surface area (Å²) in [5.74, 6) is -0.439. The number of ether oxygens (including phenoxy) is 1. The summed E-state index contributed by atoms with van der Waals surface area (Å²) in [4.78, 5) is 3.07. The number of nitrogens with one attached hydrogen (secondary N) is 1. The molecule has 1 aliphatic rings. The summed E-state index contributed by atoms with van der Waals surface area (Å²) in [6.07, 6.45) is -4.54. The molecule has 3 aromatic carbocycles. The standard InChI is InChI=1S/C24H20Cl3F3N2O3S2/c1-32-7-6-17(13-32)35-22-11-16(2-4-20(22)24(28,29)30)31-37(33,34)23-5-3-18(12-21(23)27)36-19-9-14(25)8-15(26)10-19/h2-5,8-12,17,31H,6-7,13H2,1H3. The number of hydrogen-bond donors (Lipinski definition) is 1. The van der Waals surface area contributed by atoms with Gasteiger partial charge in [-0.25, -0.2) is 8.42 Å². The Hall–Kier alpha value is -1.82. The van der Waals surface area contributed by atoms with E-state index in [4.69, 9.17) is 39.5 Å². The second-order valence-electron chi connectivity index (χ2n) is 8.40. The van der Waals surface area contributed by atoms with E-state index in [1.165, 1.54) is 23.9 Å². The molecule has 0 aromatic heterocycles. The maximum absolute atomic E-state index is 13.6. The van der Waals surface area contributed by atoms with Crippen molar-refractivity contribution in [3.05, 3.63) is 75.2 Å². The average Bonchev–Trinajstić information content (AvgIpc) is 3.16. The summed E-state index contributed by atoms with van der Waals surface area (Å²) in [5, 5.41) is 0.830. The van der Waals surface area contributed by atoms with E-state index in [-0.39, 0.29) is 15.6 Å². The number of likely N-dealkylation sites (N-methyl/N-ethyl adjacent to an activating group) is 1. The molecule has 0 amide bonds. The summed E-state index contributed by atoms with van der Waals surface area (Å²) >= 11 is 19.6. The fraction of sp³-hybridized carbons (Fsp3) is 0.250. The molecule has 4 rings (SSSR count).